The molecule has 1 aliphatic rings. The number of aliphatic imine (C=N–C) groups is 1. The van der Waals surface area contributed by atoms with E-state index in [0.29, 0.717) is 12.6 Å². The normalized spacial score (nSPS) is 21.7. The van der Waals surface area contributed by atoms with Gasteiger partial charge in [-0.1, -0.05) is 19.9 Å². The van der Waals surface area contributed by atoms with Crippen molar-refractivity contribution >= 4 is 29.9 Å². The number of nitrogens with one attached hydrogen (secondary N) is 2. The number of halogens is 1. The maximum Gasteiger partial charge on any atom is 0.191 e. The number of hydrogen-bond acceptors (Lipinski definition) is 2. The molecule has 1 fully saturated rings. The molecule has 1 saturated carbocycles. The van der Waals surface area contributed by atoms with E-state index in [1.165, 1.54) is 25.7 Å². The number of pyridine rings is 1. The third-order valence-corrected chi connectivity index (χ3v) is 4.66. The summed E-state index contributed by atoms with van der Waals surface area (Å²) in [6.45, 7) is 7.41. The molecule has 0 spiro atoms. The fourth-order valence-electron chi connectivity index (χ4n) is 3.19. The van der Waals surface area contributed by atoms with Crippen molar-refractivity contribution in [2.24, 2.45) is 16.8 Å². The molecule has 0 atom stereocenters. The van der Waals surface area contributed by atoms with Crippen molar-refractivity contribution in [1.29, 1.82) is 0 Å². The lowest BCUT2D eigenvalue weighted by Gasteiger charge is -2.32. The van der Waals surface area contributed by atoms with Gasteiger partial charge in [0.2, 0.25) is 0 Å². The van der Waals surface area contributed by atoms with Crippen LogP contribution in [0.4, 0.5) is 0 Å². The zero-order valence-corrected chi connectivity index (χ0v) is 17.1. The molecule has 0 radical (unpaired) electrons. The van der Waals surface area contributed by atoms with Crippen molar-refractivity contribution in [1.82, 2.24) is 15.6 Å². The van der Waals surface area contributed by atoms with E-state index in [0.717, 1.165) is 29.2 Å². The molecule has 1 aromatic rings. The van der Waals surface area contributed by atoms with Crippen LogP contribution in [0.25, 0.3) is 0 Å². The Morgan fingerprint density at radius 3 is 2.52 bits per heavy atom. The van der Waals surface area contributed by atoms with E-state index >= 15 is 0 Å². The molecule has 0 amide bonds. The van der Waals surface area contributed by atoms with E-state index in [-0.39, 0.29) is 24.0 Å². The zero-order valence-electron chi connectivity index (χ0n) is 14.8. The molecule has 2 N–H and O–H groups in total. The van der Waals surface area contributed by atoms with Crippen LogP contribution in [0.3, 0.4) is 0 Å². The first kappa shape index (κ1) is 20.2. The van der Waals surface area contributed by atoms with Crippen LogP contribution in [0.2, 0.25) is 0 Å². The van der Waals surface area contributed by atoms with Crippen molar-refractivity contribution in [3.05, 3.63) is 29.6 Å². The first-order valence-corrected chi connectivity index (χ1v) is 8.48. The number of aromatic nitrogens is 1. The molecule has 0 aliphatic heterocycles. The van der Waals surface area contributed by atoms with Crippen LogP contribution < -0.4 is 10.6 Å². The van der Waals surface area contributed by atoms with Crippen molar-refractivity contribution < 1.29 is 0 Å². The minimum absolute atomic E-state index is 0. The van der Waals surface area contributed by atoms with Crippen molar-refractivity contribution in [2.45, 2.75) is 59.0 Å². The highest BCUT2D eigenvalue weighted by Gasteiger charge is 2.23. The first-order valence-electron chi connectivity index (χ1n) is 8.48. The molecule has 0 aromatic carbocycles. The van der Waals surface area contributed by atoms with Crippen LogP contribution in [0.5, 0.6) is 0 Å². The summed E-state index contributed by atoms with van der Waals surface area (Å²) in [6, 6.07) is 6.65. The van der Waals surface area contributed by atoms with Gasteiger partial charge >= 0.3 is 0 Å². The second-order valence-corrected chi connectivity index (χ2v) is 6.70. The van der Waals surface area contributed by atoms with Gasteiger partial charge in [0.25, 0.3) is 0 Å². The topological polar surface area (TPSA) is 49.3 Å². The molecule has 1 heterocycles. The van der Waals surface area contributed by atoms with Crippen molar-refractivity contribution in [3.63, 3.8) is 0 Å². The maximum absolute atomic E-state index is 4.51. The third kappa shape index (κ3) is 6.65. The maximum atomic E-state index is 4.51. The fraction of sp³-hybridized carbons (Fsp3) is 0.667. The summed E-state index contributed by atoms with van der Waals surface area (Å²) >= 11 is 0. The van der Waals surface area contributed by atoms with E-state index in [4.69, 9.17) is 0 Å². The van der Waals surface area contributed by atoms with Gasteiger partial charge in [0.05, 0.1) is 12.2 Å². The van der Waals surface area contributed by atoms with Gasteiger partial charge in [-0.15, -0.1) is 24.0 Å². The highest BCUT2D eigenvalue weighted by atomic mass is 127. The number of hydrogen-bond donors (Lipinski definition) is 2. The second-order valence-electron chi connectivity index (χ2n) is 6.70. The van der Waals surface area contributed by atoms with Crippen LogP contribution in [0, 0.1) is 18.8 Å². The summed E-state index contributed by atoms with van der Waals surface area (Å²) in [5.74, 6) is 2.59. The summed E-state index contributed by atoms with van der Waals surface area (Å²) < 4.78 is 0. The van der Waals surface area contributed by atoms with Gasteiger partial charge in [-0.3, -0.25) is 9.98 Å². The summed E-state index contributed by atoms with van der Waals surface area (Å²) in [7, 11) is 1.83. The molecule has 0 bridgehead atoms. The molecular weight excluding hydrogens is 399 g/mol. The lowest BCUT2D eigenvalue weighted by molar-refractivity contribution is 0.250. The predicted octanol–water partition coefficient (Wildman–Crippen LogP) is 3.89. The molecule has 0 unspecified atom stereocenters. The van der Waals surface area contributed by atoms with E-state index in [2.05, 4.69) is 34.5 Å². The first-order chi connectivity index (χ1) is 10.6. The van der Waals surface area contributed by atoms with Crippen molar-refractivity contribution in [3.8, 4) is 0 Å². The number of guanidine groups is 1. The van der Waals surface area contributed by atoms with Crippen LogP contribution in [0.1, 0.15) is 50.9 Å². The Morgan fingerprint density at radius 1 is 1.26 bits per heavy atom. The minimum atomic E-state index is 0. The molecular formula is C18H31IN4. The molecule has 0 saturated heterocycles. The predicted molar refractivity (Wildman–Crippen MR) is 108 cm³/mol. The highest BCUT2D eigenvalue weighted by molar-refractivity contribution is 14.0. The quantitative estimate of drug-likeness (QED) is 0.433. The fourth-order valence-corrected chi connectivity index (χ4v) is 3.19. The number of aryl methyl sites for hydroxylation is 1. The zero-order chi connectivity index (χ0) is 15.9. The molecule has 1 aliphatic carbocycles. The summed E-state index contributed by atoms with van der Waals surface area (Å²) in [6.07, 6.45) is 5.13. The van der Waals surface area contributed by atoms with E-state index < -0.39 is 0 Å². The SMILES string of the molecule is CN=C(NCc1cccc(C)n1)NC1CCC(C(C)C)CC1.I. The van der Waals surface area contributed by atoms with E-state index in [1.54, 1.807) is 0 Å². The third-order valence-electron chi connectivity index (χ3n) is 4.66. The van der Waals surface area contributed by atoms with Gasteiger partial charge in [0, 0.05) is 18.8 Å². The van der Waals surface area contributed by atoms with Gasteiger partial charge in [-0.25, -0.2) is 0 Å². The summed E-state index contributed by atoms with van der Waals surface area (Å²) in [4.78, 5) is 8.85. The Bertz CT molecular complexity index is 494. The van der Waals surface area contributed by atoms with Crippen LogP contribution >= 0.6 is 24.0 Å². The summed E-state index contributed by atoms with van der Waals surface area (Å²) in [5, 5.41) is 6.93. The standard InChI is InChI=1S/C18H30N4.HI/c1-13(2)15-8-10-16(11-9-15)22-18(19-4)20-12-17-7-5-6-14(3)21-17;/h5-7,13,15-16H,8-12H2,1-4H3,(H2,19,20,22);1H. The van der Waals surface area contributed by atoms with Gasteiger partial charge < -0.3 is 10.6 Å². The molecule has 1 aromatic heterocycles. The Labute approximate surface area is 158 Å². The van der Waals surface area contributed by atoms with Crippen LogP contribution in [-0.2, 0) is 6.54 Å². The van der Waals surface area contributed by atoms with E-state index in [9.17, 15) is 0 Å². The largest absolute Gasteiger partial charge is 0.354 e. The van der Waals surface area contributed by atoms with Gasteiger partial charge in [-0.05, 0) is 56.6 Å². The Morgan fingerprint density at radius 2 is 1.96 bits per heavy atom. The average molecular weight is 430 g/mol. The monoisotopic (exact) mass is 430 g/mol. The van der Waals surface area contributed by atoms with Crippen LogP contribution in [-0.4, -0.2) is 24.0 Å². The van der Waals surface area contributed by atoms with Crippen LogP contribution in [0.15, 0.2) is 23.2 Å². The van der Waals surface area contributed by atoms with Crippen molar-refractivity contribution in [2.75, 3.05) is 7.05 Å². The van der Waals surface area contributed by atoms with E-state index in [1.807, 2.05) is 32.2 Å². The Hall–Kier alpha value is -0.850. The average Bonchev–Trinajstić information content (AvgIpc) is 2.52. The molecule has 4 nitrogen and oxygen atoms in total. The molecule has 5 heteroatoms. The van der Waals surface area contributed by atoms with Gasteiger partial charge in [0.15, 0.2) is 5.96 Å². The van der Waals surface area contributed by atoms with Gasteiger partial charge in [-0.2, -0.15) is 0 Å². The lowest BCUT2D eigenvalue weighted by Crippen LogP contribution is -2.44. The van der Waals surface area contributed by atoms with Gasteiger partial charge in [0.1, 0.15) is 0 Å². The number of nitrogens with zero attached hydrogens (tertiary/aromatic N) is 2. The second kappa shape index (κ2) is 10.1. The molecule has 23 heavy (non-hydrogen) atoms. The highest BCUT2D eigenvalue weighted by Crippen LogP contribution is 2.29. The Kier molecular flexibility index (Phi) is 8.87. The summed E-state index contributed by atoms with van der Waals surface area (Å²) in [5.41, 5.74) is 2.10. The number of rotatable bonds is 4. The molecule has 130 valence electrons. The molecule has 2 rings (SSSR count). The minimum Gasteiger partial charge on any atom is -0.354 e. The Balaban J connectivity index is 0.00000264. The lowest BCUT2D eigenvalue weighted by atomic mass is 9.80. The smallest absolute Gasteiger partial charge is 0.191 e.